The van der Waals surface area contributed by atoms with E-state index in [-0.39, 0.29) is 0 Å². The number of aromatic nitrogens is 1. The van der Waals surface area contributed by atoms with Crippen molar-refractivity contribution in [2.24, 2.45) is 0 Å². The predicted octanol–water partition coefficient (Wildman–Crippen LogP) is 3.13. The van der Waals surface area contributed by atoms with E-state index in [0.717, 1.165) is 30.2 Å². The second-order valence-corrected chi connectivity index (χ2v) is 4.20. The lowest BCUT2D eigenvalue weighted by molar-refractivity contribution is 0.414. The molecule has 0 fully saturated rings. The Hall–Kier alpha value is -2.23. The molecule has 1 aromatic carbocycles. The molecule has 0 saturated carbocycles. The van der Waals surface area contributed by atoms with E-state index < -0.39 is 0 Å². The molecule has 0 atom stereocenters. The largest absolute Gasteiger partial charge is 0.497 e. The topological polar surface area (TPSA) is 46.2 Å². The number of nitrogens with one attached hydrogen (secondary N) is 2. The summed E-state index contributed by atoms with van der Waals surface area (Å²) in [5, 5.41) is 6.59. The van der Waals surface area contributed by atoms with Crippen LogP contribution in [-0.4, -0.2) is 18.6 Å². The Bertz CT molecular complexity index is 528. The van der Waals surface area contributed by atoms with E-state index in [1.807, 2.05) is 30.6 Å². The van der Waals surface area contributed by atoms with Gasteiger partial charge in [0.25, 0.3) is 0 Å². The molecule has 0 aliphatic carbocycles. The molecule has 4 heteroatoms. The summed E-state index contributed by atoms with van der Waals surface area (Å²) in [5.41, 5.74) is 3.20. The van der Waals surface area contributed by atoms with Crippen molar-refractivity contribution < 1.29 is 4.74 Å². The maximum absolute atomic E-state index is 5.21. The van der Waals surface area contributed by atoms with Crippen LogP contribution in [0.15, 0.2) is 42.7 Å². The van der Waals surface area contributed by atoms with Gasteiger partial charge in [-0.25, -0.2) is 0 Å². The van der Waals surface area contributed by atoms with E-state index in [4.69, 9.17) is 4.74 Å². The summed E-state index contributed by atoms with van der Waals surface area (Å²) in [7, 11) is 1.68. The minimum absolute atomic E-state index is 0.745. The smallest absolute Gasteiger partial charge is 0.119 e. The highest BCUT2D eigenvalue weighted by atomic mass is 16.5. The number of methoxy groups -OCH3 is 1. The van der Waals surface area contributed by atoms with Gasteiger partial charge in [-0.2, -0.15) is 0 Å². The monoisotopic (exact) mass is 257 g/mol. The fourth-order valence-electron chi connectivity index (χ4n) is 1.82. The third-order valence-electron chi connectivity index (χ3n) is 2.75. The normalized spacial score (nSPS) is 10.0. The third-order valence-corrected chi connectivity index (χ3v) is 2.75. The van der Waals surface area contributed by atoms with Crippen LogP contribution in [0.25, 0.3) is 0 Å². The Morgan fingerprint density at radius 3 is 2.63 bits per heavy atom. The van der Waals surface area contributed by atoms with E-state index in [2.05, 4.69) is 34.7 Å². The molecule has 0 bridgehead atoms. The summed E-state index contributed by atoms with van der Waals surface area (Å²) in [6.07, 6.45) is 3.64. The maximum Gasteiger partial charge on any atom is 0.119 e. The Morgan fingerprint density at radius 1 is 1.11 bits per heavy atom. The highest BCUT2D eigenvalue weighted by Crippen LogP contribution is 2.16. The predicted molar refractivity (Wildman–Crippen MR) is 78.7 cm³/mol. The number of hydrogen-bond acceptors (Lipinski definition) is 4. The van der Waals surface area contributed by atoms with Crippen molar-refractivity contribution in [3.8, 4) is 5.75 Å². The molecule has 0 spiro atoms. The van der Waals surface area contributed by atoms with Crippen molar-refractivity contribution in [3.63, 3.8) is 0 Å². The number of rotatable bonds is 6. The summed E-state index contributed by atoms with van der Waals surface area (Å²) in [5.74, 6) is 0.874. The molecule has 0 aliphatic rings. The van der Waals surface area contributed by atoms with Gasteiger partial charge in [-0.3, -0.25) is 4.98 Å². The molecule has 0 amide bonds. The van der Waals surface area contributed by atoms with Crippen LogP contribution in [0.1, 0.15) is 12.5 Å². The number of pyridine rings is 1. The molecular formula is C15H19N3O. The highest BCUT2D eigenvalue weighted by molar-refractivity contribution is 5.54. The van der Waals surface area contributed by atoms with Crippen LogP contribution in [0.4, 0.5) is 11.4 Å². The second kappa shape index (κ2) is 6.64. The molecule has 19 heavy (non-hydrogen) atoms. The van der Waals surface area contributed by atoms with Crippen LogP contribution in [-0.2, 0) is 6.54 Å². The first-order valence-corrected chi connectivity index (χ1v) is 6.37. The maximum atomic E-state index is 5.21. The molecule has 1 aromatic heterocycles. The SMILES string of the molecule is CCNc1cncc(NCc2cccc(OC)c2)c1. The van der Waals surface area contributed by atoms with Crippen molar-refractivity contribution in [3.05, 3.63) is 48.3 Å². The second-order valence-electron chi connectivity index (χ2n) is 4.20. The average Bonchev–Trinajstić information content (AvgIpc) is 2.46. The molecule has 4 nitrogen and oxygen atoms in total. The van der Waals surface area contributed by atoms with Crippen LogP contribution in [0.2, 0.25) is 0 Å². The van der Waals surface area contributed by atoms with Gasteiger partial charge in [-0.05, 0) is 30.7 Å². The number of benzene rings is 1. The third kappa shape index (κ3) is 3.88. The summed E-state index contributed by atoms with van der Waals surface area (Å²) in [4.78, 5) is 4.20. The summed E-state index contributed by atoms with van der Waals surface area (Å²) in [6.45, 7) is 3.70. The van der Waals surface area contributed by atoms with Gasteiger partial charge in [0, 0.05) is 13.1 Å². The fourth-order valence-corrected chi connectivity index (χ4v) is 1.82. The fraction of sp³-hybridized carbons (Fsp3) is 0.267. The van der Waals surface area contributed by atoms with Gasteiger partial charge in [-0.1, -0.05) is 12.1 Å². The Kier molecular flexibility index (Phi) is 4.61. The van der Waals surface area contributed by atoms with Gasteiger partial charge >= 0.3 is 0 Å². The van der Waals surface area contributed by atoms with Gasteiger partial charge in [0.05, 0.1) is 30.9 Å². The minimum atomic E-state index is 0.745. The molecule has 0 saturated heterocycles. The number of ether oxygens (including phenoxy) is 1. The lowest BCUT2D eigenvalue weighted by Gasteiger charge is -2.09. The van der Waals surface area contributed by atoms with Gasteiger partial charge in [0.2, 0.25) is 0 Å². The minimum Gasteiger partial charge on any atom is -0.497 e. The summed E-state index contributed by atoms with van der Waals surface area (Å²) >= 11 is 0. The van der Waals surface area contributed by atoms with Crippen molar-refractivity contribution in [1.29, 1.82) is 0 Å². The van der Waals surface area contributed by atoms with Gasteiger partial charge < -0.3 is 15.4 Å². The van der Waals surface area contributed by atoms with Crippen LogP contribution in [0.5, 0.6) is 5.75 Å². The zero-order valence-corrected chi connectivity index (χ0v) is 11.3. The Balaban J connectivity index is 1.99. The first-order chi connectivity index (χ1) is 9.31. The number of nitrogens with zero attached hydrogens (tertiary/aromatic N) is 1. The van der Waals surface area contributed by atoms with Gasteiger partial charge in [0.15, 0.2) is 0 Å². The van der Waals surface area contributed by atoms with Crippen molar-refractivity contribution in [2.45, 2.75) is 13.5 Å². The molecule has 1 heterocycles. The first kappa shape index (κ1) is 13.2. The molecule has 0 aliphatic heterocycles. The zero-order chi connectivity index (χ0) is 13.5. The van der Waals surface area contributed by atoms with E-state index in [1.54, 1.807) is 7.11 Å². The van der Waals surface area contributed by atoms with Crippen molar-refractivity contribution in [2.75, 3.05) is 24.3 Å². The van der Waals surface area contributed by atoms with E-state index in [9.17, 15) is 0 Å². The Morgan fingerprint density at radius 2 is 1.89 bits per heavy atom. The zero-order valence-electron chi connectivity index (χ0n) is 11.3. The van der Waals surface area contributed by atoms with E-state index in [0.29, 0.717) is 0 Å². The van der Waals surface area contributed by atoms with Crippen LogP contribution >= 0.6 is 0 Å². The lowest BCUT2D eigenvalue weighted by Crippen LogP contribution is -2.02. The van der Waals surface area contributed by atoms with Crippen LogP contribution in [0.3, 0.4) is 0 Å². The molecular weight excluding hydrogens is 238 g/mol. The van der Waals surface area contributed by atoms with E-state index in [1.165, 1.54) is 5.56 Å². The molecule has 2 N–H and O–H groups in total. The van der Waals surface area contributed by atoms with Crippen LogP contribution in [0, 0.1) is 0 Å². The van der Waals surface area contributed by atoms with E-state index >= 15 is 0 Å². The van der Waals surface area contributed by atoms with Crippen LogP contribution < -0.4 is 15.4 Å². The van der Waals surface area contributed by atoms with Gasteiger partial charge in [-0.15, -0.1) is 0 Å². The summed E-state index contributed by atoms with van der Waals surface area (Å²) in [6, 6.07) is 10.1. The highest BCUT2D eigenvalue weighted by Gasteiger charge is 1.98. The molecule has 0 radical (unpaired) electrons. The molecule has 100 valence electrons. The lowest BCUT2D eigenvalue weighted by atomic mass is 10.2. The molecule has 2 rings (SSSR count). The van der Waals surface area contributed by atoms with Crippen molar-refractivity contribution >= 4 is 11.4 Å². The standard InChI is InChI=1S/C15H19N3O/c1-3-17-13-8-14(11-16-10-13)18-9-12-5-4-6-15(7-12)19-2/h4-8,10-11,17-18H,3,9H2,1-2H3. The number of hydrogen-bond donors (Lipinski definition) is 2. The van der Waals surface area contributed by atoms with Crippen molar-refractivity contribution in [1.82, 2.24) is 4.98 Å². The quantitative estimate of drug-likeness (QED) is 0.834. The number of anilines is 2. The van der Waals surface area contributed by atoms with Gasteiger partial charge in [0.1, 0.15) is 5.75 Å². The molecule has 2 aromatic rings. The average molecular weight is 257 g/mol. The summed E-state index contributed by atoms with van der Waals surface area (Å²) < 4.78 is 5.21. The first-order valence-electron chi connectivity index (χ1n) is 6.37. The Labute approximate surface area is 113 Å². The molecule has 0 unspecified atom stereocenters.